The Balaban J connectivity index is 2.89. The lowest BCUT2D eigenvalue weighted by Gasteiger charge is -2.04. The van der Waals surface area contributed by atoms with E-state index >= 15 is 0 Å². The van der Waals surface area contributed by atoms with Gasteiger partial charge in [-0.25, -0.2) is 0 Å². The third-order valence-corrected chi connectivity index (χ3v) is 1.80. The summed E-state index contributed by atoms with van der Waals surface area (Å²) in [6.45, 7) is 0. The molecule has 1 heterocycles. The Labute approximate surface area is 77.5 Å². The van der Waals surface area contributed by atoms with E-state index in [4.69, 9.17) is 10.8 Å². The maximum Gasteiger partial charge on any atom is 0.326 e. The number of rotatable bonds is 2. The molecule has 1 unspecified atom stereocenters. The fraction of sp³-hybridized carbons (Fsp3) is 0.143. The summed E-state index contributed by atoms with van der Waals surface area (Å²) in [6, 6.07) is 2.23. The van der Waals surface area contributed by atoms with Crippen LogP contribution in [0.4, 0.5) is 0 Å². The van der Waals surface area contributed by atoms with Crippen LogP contribution in [-0.2, 0) is 4.79 Å². The van der Waals surface area contributed by atoms with E-state index in [1.165, 1.54) is 6.20 Å². The van der Waals surface area contributed by atoms with Gasteiger partial charge in [0.25, 0.3) is 0 Å². The first-order chi connectivity index (χ1) is 5.61. The second-order valence-corrected chi connectivity index (χ2v) is 3.13. The fourth-order valence-corrected chi connectivity index (χ4v) is 0.932. The predicted molar refractivity (Wildman–Crippen MR) is 46.5 cm³/mol. The van der Waals surface area contributed by atoms with Crippen LogP contribution in [0.5, 0.6) is 0 Å². The highest BCUT2D eigenvalue weighted by atomic mass is 79.9. The molecule has 0 spiro atoms. The van der Waals surface area contributed by atoms with Gasteiger partial charge in [0.05, 0.1) is 5.69 Å². The average molecular weight is 231 g/mol. The summed E-state index contributed by atoms with van der Waals surface area (Å²) in [6.07, 6.45) is 1.51. The zero-order valence-corrected chi connectivity index (χ0v) is 7.65. The molecule has 0 saturated carbocycles. The third-order valence-electron chi connectivity index (χ3n) is 1.33. The molecule has 1 atom stereocenters. The molecule has 0 aliphatic carbocycles. The van der Waals surface area contributed by atoms with Gasteiger partial charge in [0, 0.05) is 10.7 Å². The van der Waals surface area contributed by atoms with E-state index in [-0.39, 0.29) is 0 Å². The Morgan fingerprint density at radius 3 is 2.75 bits per heavy atom. The molecule has 4 nitrogen and oxygen atoms in total. The van der Waals surface area contributed by atoms with Crippen LogP contribution in [0.25, 0.3) is 0 Å². The first-order valence-corrected chi connectivity index (χ1v) is 4.00. The van der Waals surface area contributed by atoms with Gasteiger partial charge in [-0.1, -0.05) is 0 Å². The minimum absolute atomic E-state index is 0.353. The first kappa shape index (κ1) is 9.15. The largest absolute Gasteiger partial charge is 0.480 e. The van der Waals surface area contributed by atoms with Crippen LogP contribution in [0, 0.1) is 0 Å². The van der Waals surface area contributed by atoms with Gasteiger partial charge in [0.15, 0.2) is 0 Å². The molecule has 0 radical (unpaired) electrons. The monoisotopic (exact) mass is 230 g/mol. The Hall–Kier alpha value is -0.940. The minimum Gasteiger partial charge on any atom is -0.480 e. The summed E-state index contributed by atoms with van der Waals surface area (Å²) in [5.74, 6) is -1.08. The van der Waals surface area contributed by atoms with Crippen molar-refractivity contribution in [3.05, 3.63) is 28.5 Å². The summed E-state index contributed by atoms with van der Waals surface area (Å²) in [4.78, 5) is 14.3. The van der Waals surface area contributed by atoms with Crippen LogP contribution in [0.15, 0.2) is 22.8 Å². The van der Waals surface area contributed by atoms with E-state index in [9.17, 15) is 4.79 Å². The molecule has 0 bridgehead atoms. The highest BCUT2D eigenvalue weighted by Crippen LogP contribution is 2.11. The second kappa shape index (κ2) is 3.64. The molecule has 1 aromatic rings. The standard InChI is InChI=1S/C7H7BrN2O2/c8-4-1-2-5(10-3-4)6(9)7(11)12/h1-3,6H,9H2,(H,11,12). The molecular formula is C7H7BrN2O2. The zero-order chi connectivity index (χ0) is 9.14. The Bertz CT molecular complexity index is 286. The molecule has 1 aromatic heterocycles. The predicted octanol–water partition coefficient (Wildman–Crippen LogP) is 0.928. The van der Waals surface area contributed by atoms with Crippen molar-refractivity contribution in [2.24, 2.45) is 5.73 Å². The molecule has 5 heteroatoms. The van der Waals surface area contributed by atoms with Crippen LogP contribution >= 0.6 is 15.9 Å². The van der Waals surface area contributed by atoms with Crippen LogP contribution in [-0.4, -0.2) is 16.1 Å². The lowest BCUT2D eigenvalue weighted by Crippen LogP contribution is -2.21. The van der Waals surface area contributed by atoms with Gasteiger partial charge in [-0.05, 0) is 28.1 Å². The van der Waals surface area contributed by atoms with Crippen molar-refractivity contribution >= 4 is 21.9 Å². The molecule has 3 N–H and O–H groups in total. The summed E-state index contributed by atoms with van der Waals surface area (Å²) in [5, 5.41) is 8.53. The maximum atomic E-state index is 10.4. The number of hydrogen-bond donors (Lipinski definition) is 2. The summed E-state index contributed by atoms with van der Waals surface area (Å²) >= 11 is 3.18. The van der Waals surface area contributed by atoms with Crippen LogP contribution in [0.2, 0.25) is 0 Å². The highest BCUT2D eigenvalue weighted by molar-refractivity contribution is 9.10. The summed E-state index contributed by atoms with van der Waals surface area (Å²) < 4.78 is 0.795. The highest BCUT2D eigenvalue weighted by Gasteiger charge is 2.14. The van der Waals surface area contributed by atoms with Gasteiger partial charge in [0.2, 0.25) is 0 Å². The maximum absolute atomic E-state index is 10.4. The van der Waals surface area contributed by atoms with Gasteiger partial charge in [0.1, 0.15) is 6.04 Å². The van der Waals surface area contributed by atoms with E-state index < -0.39 is 12.0 Å². The van der Waals surface area contributed by atoms with Crippen LogP contribution in [0.1, 0.15) is 11.7 Å². The van der Waals surface area contributed by atoms with Crippen molar-refractivity contribution in [3.8, 4) is 0 Å². The zero-order valence-electron chi connectivity index (χ0n) is 6.07. The van der Waals surface area contributed by atoms with E-state index in [1.807, 2.05) is 0 Å². The quantitative estimate of drug-likeness (QED) is 0.793. The second-order valence-electron chi connectivity index (χ2n) is 2.22. The van der Waals surface area contributed by atoms with Gasteiger partial charge < -0.3 is 10.8 Å². The number of carboxylic acids is 1. The Kier molecular flexibility index (Phi) is 2.78. The molecule has 0 saturated heterocycles. The van der Waals surface area contributed by atoms with Crippen molar-refractivity contribution < 1.29 is 9.90 Å². The lowest BCUT2D eigenvalue weighted by atomic mass is 10.2. The number of carboxylic acid groups (broad SMARTS) is 1. The van der Waals surface area contributed by atoms with E-state index in [0.29, 0.717) is 5.69 Å². The van der Waals surface area contributed by atoms with Crippen molar-refractivity contribution in [2.75, 3.05) is 0 Å². The van der Waals surface area contributed by atoms with Crippen molar-refractivity contribution in [2.45, 2.75) is 6.04 Å². The van der Waals surface area contributed by atoms with Crippen LogP contribution in [0.3, 0.4) is 0 Å². The molecule has 0 fully saturated rings. The number of pyridine rings is 1. The SMILES string of the molecule is NC(C(=O)O)c1ccc(Br)cn1. The molecule has 0 aromatic carbocycles. The lowest BCUT2D eigenvalue weighted by molar-refractivity contribution is -0.138. The third kappa shape index (κ3) is 2.02. The minimum atomic E-state index is -1.08. The first-order valence-electron chi connectivity index (χ1n) is 3.21. The number of hydrogen-bond acceptors (Lipinski definition) is 3. The van der Waals surface area contributed by atoms with E-state index in [2.05, 4.69) is 20.9 Å². The fourth-order valence-electron chi connectivity index (χ4n) is 0.698. The molecular weight excluding hydrogens is 224 g/mol. The molecule has 12 heavy (non-hydrogen) atoms. The van der Waals surface area contributed by atoms with Gasteiger partial charge in [-0.2, -0.15) is 0 Å². The molecule has 0 aliphatic rings. The summed E-state index contributed by atoms with van der Waals surface area (Å²) in [5.41, 5.74) is 5.66. The van der Waals surface area contributed by atoms with Crippen molar-refractivity contribution in [1.82, 2.24) is 4.98 Å². The van der Waals surface area contributed by atoms with Gasteiger partial charge >= 0.3 is 5.97 Å². The number of nitrogens with zero attached hydrogens (tertiary/aromatic N) is 1. The number of halogens is 1. The number of aromatic nitrogens is 1. The normalized spacial score (nSPS) is 12.5. The number of carbonyl (C=O) groups is 1. The van der Waals surface area contributed by atoms with Gasteiger partial charge in [-0.3, -0.25) is 9.78 Å². The topological polar surface area (TPSA) is 76.2 Å². The molecule has 0 amide bonds. The van der Waals surface area contributed by atoms with Gasteiger partial charge in [-0.15, -0.1) is 0 Å². The number of aliphatic carboxylic acids is 1. The Morgan fingerprint density at radius 2 is 2.33 bits per heavy atom. The Morgan fingerprint density at radius 1 is 1.67 bits per heavy atom. The molecule has 0 aliphatic heterocycles. The van der Waals surface area contributed by atoms with Crippen molar-refractivity contribution in [3.63, 3.8) is 0 Å². The van der Waals surface area contributed by atoms with E-state index in [1.54, 1.807) is 12.1 Å². The smallest absolute Gasteiger partial charge is 0.326 e. The van der Waals surface area contributed by atoms with Crippen LogP contribution < -0.4 is 5.73 Å². The average Bonchev–Trinajstić information content (AvgIpc) is 2.04. The molecule has 64 valence electrons. The van der Waals surface area contributed by atoms with E-state index in [0.717, 1.165) is 4.47 Å². The van der Waals surface area contributed by atoms with Crippen molar-refractivity contribution in [1.29, 1.82) is 0 Å². The summed E-state index contributed by atoms with van der Waals surface area (Å²) in [7, 11) is 0. The molecule has 1 rings (SSSR count). The number of nitrogens with two attached hydrogens (primary N) is 1.